The summed E-state index contributed by atoms with van der Waals surface area (Å²) in [6.45, 7) is -0.440. The maximum Gasteiger partial charge on any atom is 0.310 e. The molecule has 0 atom stereocenters. The van der Waals surface area contributed by atoms with E-state index in [1.54, 1.807) is 18.2 Å². The number of carbonyl (C=O) groups excluding carboxylic acids is 1. The number of phenols is 1. The molecule has 0 aromatic heterocycles. The van der Waals surface area contributed by atoms with Crippen molar-refractivity contribution in [2.24, 2.45) is 5.10 Å². The normalized spacial score (nSPS) is 10.6. The number of nitro benzene ring substituents is 1. The van der Waals surface area contributed by atoms with E-state index in [1.807, 2.05) is 22.6 Å². The van der Waals surface area contributed by atoms with Crippen molar-refractivity contribution >= 4 is 56.3 Å². The second-order valence-corrected chi connectivity index (χ2v) is 6.71. The molecule has 0 spiro atoms. The average molecular weight is 520 g/mol. The number of nitrogens with zero attached hydrogens (tertiary/aromatic N) is 2. The van der Waals surface area contributed by atoms with Gasteiger partial charge in [0, 0.05) is 16.1 Å². The molecule has 8 nitrogen and oxygen atoms in total. The van der Waals surface area contributed by atoms with Crippen LogP contribution in [0.4, 0.5) is 5.69 Å². The molecule has 0 aliphatic rings. The van der Waals surface area contributed by atoms with Crippen LogP contribution in [0, 0.1) is 13.7 Å². The third-order valence-electron chi connectivity index (χ3n) is 2.87. The molecular formula is C15H11BrIN3O5. The number of phenolic OH excluding ortho intramolecular Hbond substituents is 1. The predicted octanol–water partition coefficient (Wildman–Crippen LogP) is 3.20. The number of para-hydroxylation sites is 2. The van der Waals surface area contributed by atoms with Gasteiger partial charge in [-0.15, -0.1) is 0 Å². The van der Waals surface area contributed by atoms with Crippen LogP contribution in [0.15, 0.2) is 46.0 Å². The summed E-state index contributed by atoms with van der Waals surface area (Å²) in [4.78, 5) is 22.0. The quantitative estimate of drug-likeness (QED) is 0.263. The predicted molar refractivity (Wildman–Crippen MR) is 103 cm³/mol. The minimum atomic E-state index is -0.599. The maximum absolute atomic E-state index is 11.7. The van der Waals surface area contributed by atoms with Crippen LogP contribution in [0.3, 0.4) is 0 Å². The molecule has 0 aliphatic carbocycles. The number of ether oxygens (including phenoxy) is 1. The van der Waals surface area contributed by atoms with Gasteiger partial charge in [0.25, 0.3) is 5.91 Å². The van der Waals surface area contributed by atoms with E-state index in [9.17, 15) is 20.0 Å². The van der Waals surface area contributed by atoms with Crippen molar-refractivity contribution in [3.05, 3.63) is 60.1 Å². The van der Waals surface area contributed by atoms with Crippen molar-refractivity contribution in [2.45, 2.75) is 0 Å². The fourth-order valence-corrected chi connectivity index (χ4v) is 3.31. The van der Waals surface area contributed by atoms with Crippen LogP contribution >= 0.6 is 38.5 Å². The van der Waals surface area contributed by atoms with Crippen molar-refractivity contribution in [1.29, 1.82) is 0 Å². The molecule has 10 heteroatoms. The van der Waals surface area contributed by atoms with Gasteiger partial charge >= 0.3 is 5.69 Å². The SMILES string of the molecule is O=C(COc1ccccc1[N+](=O)[O-])N/N=C/c1cc(Br)cc(I)c1O. The highest BCUT2D eigenvalue weighted by atomic mass is 127. The van der Waals surface area contributed by atoms with E-state index < -0.39 is 17.4 Å². The number of nitro groups is 1. The van der Waals surface area contributed by atoms with E-state index in [-0.39, 0.29) is 17.2 Å². The zero-order valence-electron chi connectivity index (χ0n) is 12.5. The molecule has 0 aliphatic heterocycles. The number of hydrazone groups is 1. The standard InChI is InChI=1S/C15H11BrIN3O5/c16-10-5-9(15(22)11(17)6-10)7-18-19-14(21)8-25-13-4-2-1-3-12(13)20(23)24/h1-7,22H,8H2,(H,19,21)/b18-7+. The van der Waals surface area contributed by atoms with Gasteiger partial charge in [-0.2, -0.15) is 5.10 Å². The Morgan fingerprint density at radius 3 is 2.88 bits per heavy atom. The fraction of sp³-hybridized carbons (Fsp3) is 0.0667. The summed E-state index contributed by atoms with van der Waals surface area (Å²) in [6.07, 6.45) is 1.28. The van der Waals surface area contributed by atoms with Crippen LogP contribution in [0.5, 0.6) is 11.5 Å². The van der Waals surface area contributed by atoms with Gasteiger partial charge in [-0.25, -0.2) is 5.43 Å². The molecule has 0 saturated heterocycles. The molecule has 2 aromatic carbocycles. The molecule has 0 bridgehead atoms. The van der Waals surface area contributed by atoms with Crippen LogP contribution in [0.1, 0.15) is 5.56 Å². The highest BCUT2D eigenvalue weighted by Gasteiger charge is 2.14. The van der Waals surface area contributed by atoms with E-state index in [4.69, 9.17) is 4.74 Å². The van der Waals surface area contributed by atoms with Crippen LogP contribution in [-0.2, 0) is 4.79 Å². The fourth-order valence-electron chi connectivity index (χ4n) is 1.76. The molecule has 25 heavy (non-hydrogen) atoms. The average Bonchev–Trinajstić information content (AvgIpc) is 2.57. The van der Waals surface area contributed by atoms with Gasteiger partial charge in [-0.1, -0.05) is 28.1 Å². The van der Waals surface area contributed by atoms with Crippen molar-refractivity contribution in [1.82, 2.24) is 5.43 Å². The molecular weight excluding hydrogens is 509 g/mol. The third kappa shape index (κ3) is 5.39. The molecule has 0 unspecified atom stereocenters. The van der Waals surface area contributed by atoms with Crippen molar-refractivity contribution in [3.8, 4) is 11.5 Å². The maximum atomic E-state index is 11.7. The topological polar surface area (TPSA) is 114 Å². The molecule has 2 rings (SSSR count). The van der Waals surface area contributed by atoms with Crippen LogP contribution in [-0.4, -0.2) is 28.8 Å². The Bertz CT molecular complexity index is 844. The smallest absolute Gasteiger partial charge is 0.310 e. The molecule has 0 fully saturated rings. The number of nitrogens with one attached hydrogen (secondary N) is 1. The largest absolute Gasteiger partial charge is 0.506 e. The number of rotatable bonds is 6. The first-order valence-corrected chi connectivity index (χ1v) is 8.62. The van der Waals surface area contributed by atoms with E-state index in [0.29, 0.717) is 9.13 Å². The Labute approximate surface area is 164 Å². The number of hydrogen-bond donors (Lipinski definition) is 2. The first-order chi connectivity index (χ1) is 11.9. The lowest BCUT2D eigenvalue weighted by Crippen LogP contribution is -2.24. The minimum absolute atomic E-state index is 0.00850. The molecule has 0 radical (unpaired) electrons. The van der Waals surface area contributed by atoms with Crippen molar-refractivity contribution < 1.29 is 19.6 Å². The Hall–Kier alpha value is -2.21. The number of amides is 1. The summed E-state index contributed by atoms with van der Waals surface area (Å²) in [5.74, 6) is -0.567. The Morgan fingerprint density at radius 1 is 1.44 bits per heavy atom. The summed E-state index contributed by atoms with van der Waals surface area (Å²) in [6, 6.07) is 9.11. The van der Waals surface area contributed by atoms with Gasteiger partial charge in [-0.3, -0.25) is 14.9 Å². The summed E-state index contributed by atoms with van der Waals surface area (Å²) in [5, 5.41) is 24.5. The van der Waals surface area contributed by atoms with Crippen molar-refractivity contribution in [2.75, 3.05) is 6.61 Å². The zero-order chi connectivity index (χ0) is 18.4. The lowest BCUT2D eigenvalue weighted by molar-refractivity contribution is -0.385. The van der Waals surface area contributed by atoms with E-state index in [2.05, 4.69) is 26.5 Å². The zero-order valence-corrected chi connectivity index (χ0v) is 16.2. The van der Waals surface area contributed by atoms with Crippen LogP contribution in [0.2, 0.25) is 0 Å². The van der Waals surface area contributed by atoms with Crippen LogP contribution < -0.4 is 10.2 Å². The second-order valence-electron chi connectivity index (χ2n) is 4.63. The first kappa shape index (κ1) is 19.1. The summed E-state index contributed by atoms with van der Waals surface area (Å²) >= 11 is 5.26. The number of halogens is 2. The van der Waals surface area contributed by atoms with Gasteiger partial charge in [-0.05, 0) is 40.8 Å². The van der Waals surface area contributed by atoms with Crippen LogP contribution in [0.25, 0.3) is 0 Å². The molecule has 130 valence electrons. The van der Waals surface area contributed by atoms with E-state index in [1.165, 1.54) is 24.4 Å². The summed E-state index contributed by atoms with van der Waals surface area (Å²) in [5.41, 5.74) is 2.41. The van der Waals surface area contributed by atoms with Gasteiger partial charge in [0.1, 0.15) is 5.75 Å². The number of hydrogen-bond acceptors (Lipinski definition) is 6. The van der Waals surface area contributed by atoms with Crippen molar-refractivity contribution in [3.63, 3.8) is 0 Å². The summed E-state index contributed by atoms with van der Waals surface area (Å²) < 4.78 is 6.52. The van der Waals surface area contributed by atoms with Gasteiger partial charge in [0.05, 0.1) is 14.7 Å². The first-order valence-electron chi connectivity index (χ1n) is 6.74. The number of carbonyl (C=O) groups is 1. The Balaban J connectivity index is 1.95. The van der Waals surface area contributed by atoms with E-state index in [0.717, 1.165) is 4.47 Å². The Morgan fingerprint density at radius 2 is 2.16 bits per heavy atom. The lowest BCUT2D eigenvalue weighted by atomic mass is 10.2. The van der Waals surface area contributed by atoms with Gasteiger partial charge < -0.3 is 9.84 Å². The highest BCUT2D eigenvalue weighted by Crippen LogP contribution is 2.27. The Kier molecular flexibility index (Phi) is 6.70. The monoisotopic (exact) mass is 519 g/mol. The molecule has 2 N–H and O–H groups in total. The highest BCUT2D eigenvalue weighted by molar-refractivity contribution is 14.1. The minimum Gasteiger partial charge on any atom is -0.506 e. The summed E-state index contributed by atoms with van der Waals surface area (Å²) in [7, 11) is 0. The van der Waals surface area contributed by atoms with Gasteiger partial charge in [0.2, 0.25) is 0 Å². The second kappa shape index (κ2) is 8.76. The number of benzene rings is 2. The third-order valence-corrected chi connectivity index (χ3v) is 4.15. The molecule has 0 saturated carbocycles. The molecule has 1 amide bonds. The molecule has 0 heterocycles. The molecule has 2 aromatic rings. The lowest BCUT2D eigenvalue weighted by Gasteiger charge is -2.05. The number of aromatic hydroxyl groups is 1. The van der Waals surface area contributed by atoms with E-state index >= 15 is 0 Å². The van der Waals surface area contributed by atoms with Gasteiger partial charge in [0.15, 0.2) is 12.4 Å².